The molecule has 0 aliphatic carbocycles. The quantitative estimate of drug-likeness (QED) is 0.614. The summed E-state index contributed by atoms with van der Waals surface area (Å²) in [5.41, 5.74) is 0. The number of aliphatic hydroxyl groups is 1. The molecule has 0 fully saturated rings. The van der Waals surface area contributed by atoms with Gasteiger partial charge in [-0.3, -0.25) is 4.79 Å². The minimum Gasteiger partial charge on any atom is -0.386 e. The Morgan fingerprint density at radius 1 is 1.54 bits per heavy atom. The zero-order chi connectivity index (χ0) is 10.3. The van der Waals surface area contributed by atoms with Crippen LogP contribution in [0.1, 0.15) is 13.8 Å². The van der Waals surface area contributed by atoms with E-state index in [2.05, 4.69) is 5.10 Å². The molecule has 1 N–H and O–H groups in total. The Kier molecular flexibility index (Phi) is 5.88. The van der Waals surface area contributed by atoms with Crippen molar-refractivity contribution in [3.63, 3.8) is 0 Å². The van der Waals surface area contributed by atoms with E-state index in [1.807, 2.05) is 25.8 Å². The molecule has 1 amide bonds. The van der Waals surface area contributed by atoms with E-state index in [4.69, 9.17) is 5.11 Å². The largest absolute Gasteiger partial charge is 0.386 e. The fourth-order valence-electron chi connectivity index (χ4n) is 0.789. The van der Waals surface area contributed by atoms with Crippen LogP contribution < -0.4 is 0 Å². The van der Waals surface area contributed by atoms with Crippen molar-refractivity contribution in [1.29, 1.82) is 0 Å². The van der Waals surface area contributed by atoms with Crippen molar-refractivity contribution in [2.24, 2.45) is 5.10 Å². The average Bonchev–Trinajstić information content (AvgIpc) is 2.21. The summed E-state index contributed by atoms with van der Waals surface area (Å²) in [6.45, 7) is 4.84. The third-order valence-corrected chi connectivity index (χ3v) is 1.48. The number of amides is 1. The van der Waals surface area contributed by atoms with Crippen LogP contribution in [0.5, 0.6) is 0 Å². The van der Waals surface area contributed by atoms with E-state index < -0.39 is 6.61 Å². The number of hydrogen-bond donors (Lipinski definition) is 1. The average molecular weight is 187 g/mol. The molecule has 0 aromatic carbocycles. The van der Waals surface area contributed by atoms with Crippen molar-refractivity contribution in [3.8, 4) is 0 Å². The van der Waals surface area contributed by atoms with Crippen LogP contribution in [0.4, 0.5) is 0 Å². The molecule has 0 aromatic heterocycles. The van der Waals surface area contributed by atoms with Crippen molar-refractivity contribution in [3.05, 3.63) is 0 Å². The number of nitrogens with zero attached hydrogens (tertiary/aromatic N) is 3. The summed E-state index contributed by atoms with van der Waals surface area (Å²) in [6.07, 6.45) is 1.57. The molecule has 0 spiro atoms. The molecule has 0 saturated carbocycles. The van der Waals surface area contributed by atoms with Crippen LogP contribution in [-0.4, -0.2) is 54.0 Å². The topological polar surface area (TPSA) is 56.1 Å². The lowest BCUT2D eigenvalue weighted by Crippen LogP contribution is -2.39. The van der Waals surface area contributed by atoms with Gasteiger partial charge in [-0.25, -0.2) is 5.01 Å². The number of hydrazone groups is 1. The van der Waals surface area contributed by atoms with Crippen molar-refractivity contribution in [2.75, 3.05) is 26.7 Å². The van der Waals surface area contributed by atoms with Gasteiger partial charge in [0.1, 0.15) is 12.9 Å². The van der Waals surface area contributed by atoms with Crippen molar-refractivity contribution in [2.45, 2.75) is 13.8 Å². The van der Waals surface area contributed by atoms with Gasteiger partial charge in [-0.15, -0.1) is 0 Å². The monoisotopic (exact) mass is 187 g/mol. The molecule has 1 aliphatic rings. The van der Waals surface area contributed by atoms with Crippen LogP contribution in [0, 0.1) is 0 Å². The predicted molar refractivity (Wildman–Crippen MR) is 51.3 cm³/mol. The van der Waals surface area contributed by atoms with Gasteiger partial charge in [0.05, 0.1) is 6.54 Å². The third kappa shape index (κ3) is 3.89. The van der Waals surface area contributed by atoms with E-state index in [9.17, 15) is 4.79 Å². The number of likely N-dealkylation sites (N-methyl/N-ethyl adjacent to an activating group) is 1. The maximum absolute atomic E-state index is 10.8. The molecule has 0 saturated heterocycles. The Hall–Kier alpha value is -1.10. The second-order valence-electron chi connectivity index (χ2n) is 2.39. The zero-order valence-electron chi connectivity index (χ0n) is 8.40. The highest BCUT2D eigenvalue weighted by Crippen LogP contribution is 1.96. The highest BCUT2D eigenvalue weighted by molar-refractivity contribution is 5.78. The fraction of sp³-hybridized carbons (Fsp3) is 0.750. The smallest absolute Gasteiger partial charge is 0.268 e. The number of hydrogen-bond acceptors (Lipinski definition) is 4. The van der Waals surface area contributed by atoms with Crippen molar-refractivity contribution < 1.29 is 9.90 Å². The van der Waals surface area contributed by atoms with Gasteiger partial charge in [-0.1, -0.05) is 13.8 Å². The van der Waals surface area contributed by atoms with Gasteiger partial charge in [0, 0.05) is 13.6 Å². The van der Waals surface area contributed by atoms with Crippen LogP contribution in [0.15, 0.2) is 5.10 Å². The summed E-state index contributed by atoms with van der Waals surface area (Å²) < 4.78 is 0. The highest BCUT2D eigenvalue weighted by atomic mass is 16.3. The number of aliphatic hydroxyl groups excluding tert-OH is 1. The molecule has 76 valence electrons. The summed E-state index contributed by atoms with van der Waals surface area (Å²) in [5, 5.41) is 13.5. The van der Waals surface area contributed by atoms with Gasteiger partial charge < -0.3 is 10.0 Å². The van der Waals surface area contributed by atoms with E-state index >= 15 is 0 Å². The molecule has 0 atom stereocenters. The lowest BCUT2D eigenvalue weighted by Gasteiger charge is -2.24. The first-order valence-electron chi connectivity index (χ1n) is 4.39. The maximum atomic E-state index is 10.8. The molecule has 0 bridgehead atoms. The van der Waals surface area contributed by atoms with Gasteiger partial charge in [0.15, 0.2) is 0 Å². The first-order chi connectivity index (χ1) is 6.24. The first kappa shape index (κ1) is 11.9. The minimum atomic E-state index is -0.471. The molecule has 0 unspecified atom stereocenters. The van der Waals surface area contributed by atoms with E-state index in [0.29, 0.717) is 6.54 Å². The van der Waals surface area contributed by atoms with Gasteiger partial charge in [0.25, 0.3) is 5.91 Å². The second kappa shape index (κ2) is 6.42. The molecule has 5 heteroatoms. The standard InChI is InChI=1S/C6H11N3O2.C2H6/c1-8-2-3-9(7-5-8)6(11)4-10;1-2/h5,10H,2-4H2,1H3;1-2H3. The summed E-state index contributed by atoms with van der Waals surface area (Å²) in [4.78, 5) is 12.7. The molecule has 13 heavy (non-hydrogen) atoms. The van der Waals surface area contributed by atoms with Gasteiger partial charge in [-0.2, -0.15) is 5.10 Å². The lowest BCUT2D eigenvalue weighted by molar-refractivity contribution is -0.134. The number of rotatable bonds is 1. The van der Waals surface area contributed by atoms with E-state index in [1.165, 1.54) is 5.01 Å². The minimum absolute atomic E-state index is 0.352. The van der Waals surface area contributed by atoms with Crippen molar-refractivity contribution in [1.82, 2.24) is 9.91 Å². The van der Waals surface area contributed by atoms with Gasteiger partial charge in [-0.05, 0) is 0 Å². The Morgan fingerprint density at radius 2 is 2.15 bits per heavy atom. The number of carbonyl (C=O) groups excluding carboxylic acids is 1. The highest BCUT2D eigenvalue weighted by Gasteiger charge is 2.13. The summed E-state index contributed by atoms with van der Waals surface area (Å²) in [6, 6.07) is 0. The molecular weight excluding hydrogens is 170 g/mol. The summed E-state index contributed by atoms with van der Waals surface area (Å²) >= 11 is 0. The fourth-order valence-corrected chi connectivity index (χ4v) is 0.789. The van der Waals surface area contributed by atoms with Crippen LogP contribution in [-0.2, 0) is 4.79 Å². The van der Waals surface area contributed by atoms with Crippen LogP contribution in [0.25, 0.3) is 0 Å². The molecule has 1 heterocycles. The molecule has 0 aromatic rings. The van der Waals surface area contributed by atoms with Crippen molar-refractivity contribution >= 4 is 12.2 Å². The first-order valence-corrected chi connectivity index (χ1v) is 4.39. The second-order valence-corrected chi connectivity index (χ2v) is 2.39. The Morgan fingerprint density at radius 3 is 2.54 bits per heavy atom. The Labute approximate surface area is 78.6 Å². The third-order valence-electron chi connectivity index (χ3n) is 1.48. The number of carbonyl (C=O) groups is 1. The zero-order valence-corrected chi connectivity index (χ0v) is 8.40. The van der Waals surface area contributed by atoms with Gasteiger partial charge in [0.2, 0.25) is 0 Å². The summed E-state index contributed by atoms with van der Waals surface area (Å²) in [7, 11) is 1.88. The lowest BCUT2D eigenvalue weighted by atomic mass is 10.5. The van der Waals surface area contributed by atoms with Crippen LogP contribution >= 0.6 is 0 Å². The molecule has 1 aliphatic heterocycles. The molecular formula is C8H17N3O2. The van der Waals surface area contributed by atoms with E-state index in [-0.39, 0.29) is 5.91 Å². The molecule has 0 radical (unpaired) electrons. The summed E-state index contributed by atoms with van der Waals surface area (Å²) in [5.74, 6) is -0.352. The molecule has 1 rings (SSSR count). The predicted octanol–water partition coefficient (Wildman–Crippen LogP) is -0.278. The molecule has 5 nitrogen and oxygen atoms in total. The van der Waals surface area contributed by atoms with Gasteiger partial charge >= 0.3 is 0 Å². The van der Waals surface area contributed by atoms with Crippen LogP contribution in [0.2, 0.25) is 0 Å². The van der Waals surface area contributed by atoms with Crippen LogP contribution in [0.3, 0.4) is 0 Å². The SMILES string of the molecule is CC.CN1C=NN(C(=O)CO)CC1. The normalized spacial score (nSPS) is 15.1. The Balaban J connectivity index is 0.000000671. The Bertz CT molecular complexity index is 182. The van der Waals surface area contributed by atoms with E-state index in [0.717, 1.165) is 6.54 Å². The van der Waals surface area contributed by atoms with E-state index in [1.54, 1.807) is 6.34 Å². The maximum Gasteiger partial charge on any atom is 0.268 e.